The van der Waals surface area contributed by atoms with E-state index in [2.05, 4.69) is 5.32 Å². The number of carbonyl (C=O) groups excluding carboxylic acids is 1. The summed E-state index contributed by atoms with van der Waals surface area (Å²) in [5.74, 6) is 0.154. The minimum absolute atomic E-state index is 0.0414. The molecule has 0 spiro atoms. The summed E-state index contributed by atoms with van der Waals surface area (Å²) in [6.45, 7) is 4.77. The summed E-state index contributed by atoms with van der Waals surface area (Å²) >= 11 is 0. The number of hydrogen-bond acceptors (Lipinski definition) is 4. The van der Waals surface area contributed by atoms with Gasteiger partial charge in [-0.15, -0.1) is 0 Å². The fourth-order valence-electron chi connectivity index (χ4n) is 1.95. The predicted molar refractivity (Wildman–Crippen MR) is 76.9 cm³/mol. The van der Waals surface area contributed by atoms with E-state index in [0.717, 1.165) is 12.0 Å². The average molecular weight is 279 g/mol. The molecule has 1 rings (SSSR count). The van der Waals surface area contributed by atoms with Gasteiger partial charge in [0.05, 0.1) is 10.8 Å². The van der Waals surface area contributed by atoms with Crippen molar-refractivity contribution in [3.05, 3.63) is 39.9 Å². The maximum absolute atomic E-state index is 12.0. The Bertz CT molecular complexity index is 457. The number of carbonyl (C=O) groups is 1. The largest absolute Gasteiger partial charge is 0.352 e. The summed E-state index contributed by atoms with van der Waals surface area (Å²) in [4.78, 5) is 22.0. The molecule has 0 aliphatic heterocycles. The number of hydrogen-bond donors (Lipinski definition) is 2. The van der Waals surface area contributed by atoms with Crippen LogP contribution in [0.4, 0.5) is 5.69 Å². The van der Waals surface area contributed by atoms with E-state index in [4.69, 9.17) is 5.73 Å². The van der Waals surface area contributed by atoms with Crippen LogP contribution in [0.2, 0.25) is 0 Å². The summed E-state index contributed by atoms with van der Waals surface area (Å²) in [6, 6.07) is 6.13. The number of nitrogens with one attached hydrogen (secondary N) is 1. The van der Waals surface area contributed by atoms with Crippen molar-refractivity contribution in [2.45, 2.75) is 26.8 Å². The molecule has 0 radical (unpaired) electrons. The molecule has 0 saturated carbocycles. The highest BCUT2D eigenvalue weighted by Crippen LogP contribution is 2.13. The van der Waals surface area contributed by atoms with Crippen molar-refractivity contribution in [1.82, 2.24) is 5.32 Å². The molecule has 1 aromatic carbocycles. The normalized spacial score (nSPS) is 12.2. The number of benzene rings is 1. The Hall–Kier alpha value is -1.95. The zero-order valence-corrected chi connectivity index (χ0v) is 11.8. The number of rotatable bonds is 7. The third-order valence-corrected chi connectivity index (χ3v) is 3.03. The SMILES string of the molecule is CC(C)CC(CN)C(=O)NCc1ccc([N+](=O)[O-])cc1. The van der Waals surface area contributed by atoms with Gasteiger partial charge in [0.25, 0.3) is 5.69 Å². The molecule has 0 heterocycles. The molecule has 1 atom stereocenters. The van der Waals surface area contributed by atoms with Gasteiger partial charge in [0, 0.05) is 25.2 Å². The first kappa shape index (κ1) is 16.1. The maximum Gasteiger partial charge on any atom is 0.269 e. The van der Waals surface area contributed by atoms with Crippen molar-refractivity contribution >= 4 is 11.6 Å². The summed E-state index contributed by atoms with van der Waals surface area (Å²) < 4.78 is 0. The third-order valence-electron chi connectivity index (χ3n) is 3.03. The van der Waals surface area contributed by atoms with Crippen LogP contribution in [0.1, 0.15) is 25.8 Å². The summed E-state index contributed by atoms with van der Waals surface area (Å²) in [7, 11) is 0. The molecule has 0 aliphatic rings. The minimum Gasteiger partial charge on any atom is -0.352 e. The molecule has 3 N–H and O–H groups in total. The Morgan fingerprint density at radius 2 is 1.95 bits per heavy atom. The van der Waals surface area contributed by atoms with Crippen LogP contribution in [0, 0.1) is 22.0 Å². The molecule has 0 aromatic heterocycles. The van der Waals surface area contributed by atoms with Crippen LogP contribution < -0.4 is 11.1 Å². The molecule has 6 heteroatoms. The quantitative estimate of drug-likeness (QED) is 0.587. The zero-order chi connectivity index (χ0) is 15.1. The lowest BCUT2D eigenvalue weighted by molar-refractivity contribution is -0.384. The lowest BCUT2D eigenvalue weighted by Crippen LogP contribution is -2.35. The zero-order valence-electron chi connectivity index (χ0n) is 11.8. The molecule has 110 valence electrons. The van der Waals surface area contributed by atoms with E-state index >= 15 is 0 Å². The Balaban J connectivity index is 2.53. The fraction of sp³-hybridized carbons (Fsp3) is 0.500. The van der Waals surface area contributed by atoms with Gasteiger partial charge in [-0.1, -0.05) is 26.0 Å². The highest BCUT2D eigenvalue weighted by Gasteiger charge is 2.17. The van der Waals surface area contributed by atoms with E-state index in [1.165, 1.54) is 12.1 Å². The van der Waals surface area contributed by atoms with Gasteiger partial charge in [-0.25, -0.2) is 0 Å². The number of non-ortho nitro benzene ring substituents is 1. The second-order valence-corrected chi connectivity index (χ2v) is 5.20. The Kier molecular flexibility index (Phi) is 6.11. The number of nitro benzene ring substituents is 1. The lowest BCUT2D eigenvalue weighted by atomic mass is 9.96. The van der Waals surface area contributed by atoms with E-state index < -0.39 is 4.92 Å². The van der Waals surface area contributed by atoms with Crippen LogP contribution in [0.15, 0.2) is 24.3 Å². The van der Waals surface area contributed by atoms with Gasteiger partial charge in [0.2, 0.25) is 5.91 Å². The number of nitrogens with zero attached hydrogens (tertiary/aromatic N) is 1. The van der Waals surface area contributed by atoms with Crippen molar-refractivity contribution in [2.24, 2.45) is 17.6 Å². The van der Waals surface area contributed by atoms with Gasteiger partial charge in [0.1, 0.15) is 0 Å². The van der Waals surface area contributed by atoms with Crippen LogP contribution in [-0.2, 0) is 11.3 Å². The number of nitro groups is 1. The Morgan fingerprint density at radius 1 is 1.35 bits per heavy atom. The van der Waals surface area contributed by atoms with E-state index in [1.807, 2.05) is 13.8 Å². The molecule has 0 saturated heterocycles. The van der Waals surface area contributed by atoms with Gasteiger partial charge in [-0.2, -0.15) is 0 Å². The molecule has 1 amide bonds. The van der Waals surface area contributed by atoms with Gasteiger partial charge in [-0.05, 0) is 17.9 Å². The molecule has 0 aliphatic carbocycles. The maximum atomic E-state index is 12.0. The van der Waals surface area contributed by atoms with Crippen molar-refractivity contribution in [2.75, 3.05) is 6.54 Å². The van der Waals surface area contributed by atoms with Gasteiger partial charge >= 0.3 is 0 Å². The fourth-order valence-corrected chi connectivity index (χ4v) is 1.95. The van der Waals surface area contributed by atoms with Gasteiger partial charge in [0.15, 0.2) is 0 Å². The molecule has 6 nitrogen and oxygen atoms in total. The van der Waals surface area contributed by atoms with Crippen LogP contribution >= 0.6 is 0 Å². The highest BCUT2D eigenvalue weighted by atomic mass is 16.6. The van der Waals surface area contributed by atoms with Crippen molar-refractivity contribution < 1.29 is 9.72 Å². The molecule has 1 unspecified atom stereocenters. The second-order valence-electron chi connectivity index (χ2n) is 5.20. The van der Waals surface area contributed by atoms with E-state index in [1.54, 1.807) is 12.1 Å². The van der Waals surface area contributed by atoms with E-state index in [-0.39, 0.29) is 17.5 Å². The van der Waals surface area contributed by atoms with Crippen molar-refractivity contribution in [3.63, 3.8) is 0 Å². The molecular formula is C14H21N3O3. The molecule has 20 heavy (non-hydrogen) atoms. The van der Waals surface area contributed by atoms with Crippen LogP contribution in [-0.4, -0.2) is 17.4 Å². The summed E-state index contributed by atoms with van der Waals surface area (Å²) in [6.07, 6.45) is 0.753. The molecule has 1 aromatic rings. The van der Waals surface area contributed by atoms with Crippen LogP contribution in [0.5, 0.6) is 0 Å². The van der Waals surface area contributed by atoms with Crippen molar-refractivity contribution in [3.8, 4) is 0 Å². The molecule has 0 bridgehead atoms. The summed E-state index contributed by atoms with van der Waals surface area (Å²) in [5, 5.41) is 13.3. The van der Waals surface area contributed by atoms with Crippen LogP contribution in [0.25, 0.3) is 0 Å². The first-order chi connectivity index (χ1) is 9.43. The van der Waals surface area contributed by atoms with Gasteiger partial charge < -0.3 is 11.1 Å². The standard InChI is InChI=1S/C14H21N3O3/c1-10(2)7-12(8-15)14(18)16-9-11-3-5-13(6-4-11)17(19)20/h3-6,10,12H,7-9,15H2,1-2H3,(H,16,18). The Labute approximate surface area is 118 Å². The summed E-state index contributed by atoms with van der Waals surface area (Å²) in [5.41, 5.74) is 6.47. The third kappa shape index (κ3) is 4.97. The smallest absolute Gasteiger partial charge is 0.269 e. The predicted octanol–water partition coefficient (Wildman–Crippen LogP) is 1.83. The number of amides is 1. The van der Waals surface area contributed by atoms with Crippen LogP contribution in [0.3, 0.4) is 0 Å². The minimum atomic E-state index is -0.449. The molecular weight excluding hydrogens is 258 g/mol. The monoisotopic (exact) mass is 279 g/mol. The first-order valence-electron chi connectivity index (χ1n) is 6.65. The molecule has 0 fully saturated rings. The number of nitrogens with two attached hydrogens (primary N) is 1. The van der Waals surface area contributed by atoms with Gasteiger partial charge in [-0.3, -0.25) is 14.9 Å². The second kappa shape index (κ2) is 7.59. The topological polar surface area (TPSA) is 98.3 Å². The average Bonchev–Trinajstić information content (AvgIpc) is 2.42. The first-order valence-corrected chi connectivity index (χ1v) is 6.65. The van der Waals surface area contributed by atoms with E-state index in [9.17, 15) is 14.9 Å². The highest BCUT2D eigenvalue weighted by molar-refractivity contribution is 5.78. The van der Waals surface area contributed by atoms with Crippen molar-refractivity contribution in [1.29, 1.82) is 0 Å². The van der Waals surface area contributed by atoms with E-state index in [0.29, 0.717) is 19.0 Å². The Morgan fingerprint density at radius 3 is 2.40 bits per heavy atom. The lowest BCUT2D eigenvalue weighted by Gasteiger charge is -2.16.